The lowest BCUT2D eigenvalue weighted by Crippen LogP contribution is -2.68. The van der Waals surface area contributed by atoms with Crippen LogP contribution >= 0.6 is 0 Å². The highest BCUT2D eigenvalue weighted by Gasteiger charge is 2.71. The number of nitrogens with one attached hydrogen (secondary N) is 1. The van der Waals surface area contributed by atoms with Gasteiger partial charge in [-0.3, -0.25) is 19.2 Å². The Morgan fingerprint density at radius 1 is 0.753 bits per heavy atom. The maximum atomic E-state index is 14.8. The van der Waals surface area contributed by atoms with Crippen LogP contribution in [0.25, 0.3) is 0 Å². The predicted octanol–water partition coefficient (Wildman–Crippen LogP) is 1.20. The van der Waals surface area contributed by atoms with Crippen molar-refractivity contribution in [1.29, 1.82) is 0 Å². The number of amides is 1. The molecule has 22 heteroatoms. The number of allylic oxidation sites excluding steroid dienone is 2. The number of carbonyl (C=O) groups is 6. The van der Waals surface area contributed by atoms with Crippen LogP contribution in [0.5, 0.6) is 0 Å². The van der Waals surface area contributed by atoms with Crippen molar-refractivity contribution in [3.8, 4) is 0 Å². The first-order valence-electron chi connectivity index (χ1n) is 25.3. The van der Waals surface area contributed by atoms with Crippen LogP contribution < -0.4 is 5.32 Å². The molecule has 12 N–H and O–H groups in total. The molecular weight excluding hydrogens is 963 g/mol. The molecule has 73 heavy (non-hydrogen) atoms. The van der Waals surface area contributed by atoms with Crippen molar-refractivity contribution in [2.75, 3.05) is 13.2 Å². The number of aliphatic hydroxyl groups is 7. The van der Waals surface area contributed by atoms with Crippen LogP contribution in [0.2, 0.25) is 0 Å². The fourth-order valence-corrected chi connectivity index (χ4v) is 14.2. The van der Waals surface area contributed by atoms with Gasteiger partial charge in [-0.05, 0) is 110 Å². The molecular formula is C51H79NO21. The van der Waals surface area contributed by atoms with Gasteiger partial charge in [0.25, 0.3) is 0 Å². The Labute approximate surface area is 424 Å². The molecule has 1 amide bonds. The lowest BCUT2D eigenvalue weighted by Gasteiger charge is -2.70. The number of hydrogen-bond acceptors (Lipinski definition) is 17. The lowest BCUT2D eigenvalue weighted by atomic mass is 9.33. The Morgan fingerprint density at radius 2 is 1.33 bits per heavy atom. The Kier molecular flexibility index (Phi) is 16.6. The van der Waals surface area contributed by atoms with Crippen LogP contribution in [-0.4, -0.2) is 179 Å². The third kappa shape index (κ3) is 10.2. The molecule has 0 unspecified atom stereocenters. The van der Waals surface area contributed by atoms with Gasteiger partial charge in [-0.15, -0.1) is 0 Å². The molecule has 2 heterocycles. The molecule has 22 nitrogen and oxygen atoms in total. The molecule has 20 atom stereocenters. The maximum Gasteiger partial charge on any atom is 0.335 e. The first kappa shape index (κ1) is 58.6. The highest BCUT2D eigenvalue weighted by molar-refractivity contribution is 5.95. The van der Waals surface area contributed by atoms with Crippen molar-refractivity contribution < 1.29 is 104 Å². The summed E-state index contributed by atoms with van der Waals surface area (Å²) in [5.74, 6) is -6.16. The normalized spacial score (nSPS) is 44.5. The highest BCUT2D eigenvalue weighted by atomic mass is 16.8. The highest BCUT2D eigenvalue weighted by Crippen LogP contribution is 2.75. The summed E-state index contributed by atoms with van der Waals surface area (Å²) in [5, 5.41) is 112. The van der Waals surface area contributed by atoms with E-state index >= 15 is 0 Å². The van der Waals surface area contributed by atoms with E-state index in [9.17, 15) is 74.7 Å². The fourth-order valence-electron chi connectivity index (χ4n) is 14.2. The van der Waals surface area contributed by atoms with Crippen molar-refractivity contribution >= 4 is 35.6 Å². The van der Waals surface area contributed by atoms with E-state index in [1.807, 2.05) is 26.8 Å². The van der Waals surface area contributed by atoms with Gasteiger partial charge in [-0.2, -0.15) is 0 Å². The Morgan fingerprint density at radius 3 is 1.89 bits per heavy atom. The standard InChI is InChI=1S/C42H62O16.C9H17NO5/c1-37(2)21-8-11-42(7)31(20(43)16-18-19-17-39(4,36(53)54)13-12-38(19,3)14-15-41(18,42)6)40(21,5)10-9-22(37)55-35-30(26(47)25(46)29(57-35)33(51)52)58-34-27(48)23(44)24(45)28(56-34)32(49)50;1-9(2,5-11)7(14)8(15)10-4-3-6(12)13/h16,19,21-31,34-35,44-48H,8-15,17H2,1-7H3,(H,49,50)(H,51,52)(H,53,54);7,11,14H,3-5H2,1-2H3,(H,10,15)(H,12,13)/t19-,21-,22-,23-,24-,25-,26-,27+,28-,29-,30+,31+,34-,35-,38+,39-,40-,41+,42+;7-/m00/s1. The first-order chi connectivity index (χ1) is 33.6. The summed E-state index contributed by atoms with van der Waals surface area (Å²) in [6, 6.07) is 0. The maximum absolute atomic E-state index is 14.8. The van der Waals surface area contributed by atoms with Gasteiger partial charge in [0.2, 0.25) is 5.91 Å². The average Bonchev–Trinajstić information content (AvgIpc) is 3.30. The smallest absolute Gasteiger partial charge is 0.335 e. The number of carboxylic acids is 4. The Bertz CT molecular complexity index is 2170. The summed E-state index contributed by atoms with van der Waals surface area (Å²) in [4.78, 5) is 72.7. The molecule has 0 radical (unpaired) electrons. The molecule has 7 rings (SSSR count). The van der Waals surface area contributed by atoms with Gasteiger partial charge in [0.1, 0.15) is 42.7 Å². The molecule has 2 saturated heterocycles. The largest absolute Gasteiger partial charge is 0.481 e. The number of hydrogen-bond donors (Lipinski definition) is 12. The van der Waals surface area contributed by atoms with E-state index < -0.39 is 130 Å². The number of carboxylic acid groups (broad SMARTS) is 4. The molecule has 0 aromatic rings. The molecule has 0 bridgehead atoms. The summed E-state index contributed by atoms with van der Waals surface area (Å²) < 4.78 is 23.4. The van der Waals surface area contributed by atoms with Gasteiger partial charge in [0, 0.05) is 17.9 Å². The number of ketones is 1. The van der Waals surface area contributed by atoms with Gasteiger partial charge >= 0.3 is 23.9 Å². The minimum Gasteiger partial charge on any atom is -0.481 e. The first-order valence-corrected chi connectivity index (χ1v) is 25.3. The minimum atomic E-state index is -2.05. The Balaban J connectivity index is 0.000000502. The van der Waals surface area contributed by atoms with Crippen molar-refractivity contribution in [3.63, 3.8) is 0 Å². The number of carbonyl (C=O) groups excluding carboxylic acids is 2. The van der Waals surface area contributed by atoms with E-state index in [-0.39, 0.29) is 53.9 Å². The number of rotatable bonds is 13. The van der Waals surface area contributed by atoms with Crippen LogP contribution in [0, 0.1) is 55.7 Å². The van der Waals surface area contributed by atoms with E-state index in [2.05, 4.69) is 33.0 Å². The molecule has 0 spiro atoms. The van der Waals surface area contributed by atoms with Crippen molar-refractivity contribution in [1.82, 2.24) is 5.32 Å². The second-order valence-electron chi connectivity index (χ2n) is 24.6. The van der Waals surface area contributed by atoms with E-state index in [0.29, 0.717) is 25.7 Å². The van der Waals surface area contributed by atoms with E-state index in [4.69, 9.17) is 29.2 Å². The zero-order chi connectivity index (χ0) is 54.9. The monoisotopic (exact) mass is 1040 g/mol. The van der Waals surface area contributed by atoms with Crippen molar-refractivity contribution in [2.45, 2.75) is 200 Å². The summed E-state index contributed by atoms with van der Waals surface area (Å²) in [6.07, 6.45) is -13.8. The molecule has 5 aliphatic carbocycles. The third-order valence-corrected chi connectivity index (χ3v) is 19.3. The second-order valence-corrected chi connectivity index (χ2v) is 24.6. The minimum absolute atomic E-state index is 0.0217. The van der Waals surface area contributed by atoms with Gasteiger partial charge in [0.05, 0.1) is 24.5 Å². The van der Waals surface area contributed by atoms with Crippen LogP contribution in [-0.2, 0) is 47.7 Å². The lowest BCUT2D eigenvalue weighted by molar-refractivity contribution is -0.371. The molecule has 414 valence electrons. The van der Waals surface area contributed by atoms with Crippen molar-refractivity contribution in [3.05, 3.63) is 11.6 Å². The number of ether oxygens (including phenoxy) is 4. The fraction of sp³-hybridized carbons (Fsp3) is 0.843. The van der Waals surface area contributed by atoms with Crippen LogP contribution in [0.3, 0.4) is 0 Å². The van der Waals surface area contributed by atoms with E-state index in [0.717, 1.165) is 37.7 Å². The van der Waals surface area contributed by atoms with Gasteiger partial charge in [0.15, 0.2) is 30.6 Å². The number of aliphatic hydroxyl groups excluding tert-OH is 7. The van der Waals surface area contributed by atoms with E-state index in [1.165, 1.54) is 13.8 Å². The summed E-state index contributed by atoms with van der Waals surface area (Å²) in [6.45, 7) is 17.6. The quantitative estimate of drug-likeness (QED) is 0.115. The van der Waals surface area contributed by atoms with Gasteiger partial charge in [-0.25, -0.2) is 9.59 Å². The number of fused-ring (bicyclic) bond motifs is 7. The topological polar surface area (TPSA) is 374 Å². The average molecular weight is 1040 g/mol. The third-order valence-electron chi connectivity index (χ3n) is 19.3. The molecule has 2 aliphatic heterocycles. The SMILES string of the molecule is CC(C)(CO)[C@@H](O)C(=O)NCCC(=O)O.CC1(C)[C@@H](O[C@H]2O[C@H](C(=O)O)[C@@H](O)[C@H](O)[C@H]2O[C@@H]2O[C@H](C(=O)O)[C@@H](O)[C@H](O)[C@H]2O)CC[C@]2(C)[C@H]3C(=O)C=C4[C@@H]5C[C@@](C)(C(=O)O)CC[C@]5(C)CC[C@@]4(C)[C@]3(C)CC[C@@H]12. The van der Waals surface area contributed by atoms with Crippen LogP contribution in [0.15, 0.2) is 11.6 Å². The second kappa shape index (κ2) is 20.7. The van der Waals surface area contributed by atoms with E-state index in [1.54, 1.807) is 0 Å². The summed E-state index contributed by atoms with van der Waals surface area (Å²) in [5.41, 5.74) is -2.75. The van der Waals surface area contributed by atoms with Gasteiger partial charge in [-0.1, -0.05) is 61.0 Å². The molecule has 0 aromatic heterocycles. The Hall–Kier alpha value is -3.68. The summed E-state index contributed by atoms with van der Waals surface area (Å²) in [7, 11) is 0. The molecule has 6 fully saturated rings. The van der Waals surface area contributed by atoms with Crippen LogP contribution in [0.1, 0.15) is 127 Å². The predicted molar refractivity (Wildman–Crippen MR) is 252 cm³/mol. The van der Waals surface area contributed by atoms with Crippen LogP contribution in [0.4, 0.5) is 0 Å². The summed E-state index contributed by atoms with van der Waals surface area (Å²) >= 11 is 0. The zero-order valence-electron chi connectivity index (χ0n) is 43.2. The molecule has 4 saturated carbocycles. The molecule has 0 aromatic carbocycles. The van der Waals surface area contributed by atoms with Gasteiger partial charge < -0.3 is 80.4 Å². The number of aliphatic carboxylic acids is 4. The zero-order valence-corrected chi connectivity index (χ0v) is 43.2. The molecule has 7 aliphatic rings. The van der Waals surface area contributed by atoms with Crippen molar-refractivity contribution in [2.24, 2.45) is 55.7 Å².